The van der Waals surface area contributed by atoms with E-state index in [-0.39, 0.29) is 18.4 Å². The number of carbonyl (C=O) groups excluding carboxylic acids is 1. The summed E-state index contributed by atoms with van der Waals surface area (Å²) in [5, 5.41) is 4.27. The van der Waals surface area contributed by atoms with E-state index in [1.807, 2.05) is 6.07 Å². The first-order valence-corrected chi connectivity index (χ1v) is 7.91. The number of thiophene rings is 2. The molecule has 3 nitrogen and oxygen atoms in total. The lowest BCUT2D eigenvalue weighted by Crippen LogP contribution is -2.16. The summed E-state index contributed by atoms with van der Waals surface area (Å²) in [6.45, 7) is 4.30. The zero-order valence-electron chi connectivity index (χ0n) is 11.0. The minimum Gasteiger partial charge on any atom is -0.466 e. The van der Waals surface area contributed by atoms with Gasteiger partial charge in [0.2, 0.25) is 0 Å². The molecule has 0 saturated heterocycles. The average Bonchev–Trinajstić information content (AvgIpc) is 2.97. The Morgan fingerprint density at radius 1 is 1.42 bits per heavy atom. The van der Waals surface area contributed by atoms with E-state index in [2.05, 4.69) is 23.8 Å². The molecule has 0 spiro atoms. The van der Waals surface area contributed by atoms with Crippen molar-refractivity contribution in [3.8, 4) is 10.4 Å². The lowest BCUT2D eigenvalue weighted by Gasteiger charge is -2.08. The molecule has 2 rings (SSSR count). The van der Waals surface area contributed by atoms with Gasteiger partial charge in [0.05, 0.1) is 13.0 Å². The molecule has 102 valence electrons. The van der Waals surface area contributed by atoms with Crippen molar-refractivity contribution in [3.63, 3.8) is 0 Å². The minimum atomic E-state index is -0.281. The van der Waals surface area contributed by atoms with E-state index in [0.29, 0.717) is 6.61 Å². The van der Waals surface area contributed by atoms with E-state index in [0.717, 1.165) is 4.88 Å². The largest absolute Gasteiger partial charge is 0.466 e. The number of carbonyl (C=O) groups is 1. The minimum absolute atomic E-state index is 0.233. The van der Waals surface area contributed by atoms with Gasteiger partial charge in [-0.05, 0) is 42.3 Å². The normalized spacial score (nSPS) is 12.4. The number of hydrogen-bond donors (Lipinski definition) is 1. The monoisotopic (exact) mass is 295 g/mol. The van der Waals surface area contributed by atoms with Crippen LogP contribution in [-0.2, 0) is 9.53 Å². The van der Waals surface area contributed by atoms with Crippen LogP contribution in [0.2, 0.25) is 0 Å². The highest BCUT2D eigenvalue weighted by Crippen LogP contribution is 2.35. The molecule has 0 unspecified atom stereocenters. The van der Waals surface area contributed by atoms with Gasteiger partial charge in [-0.15, -0.1) is 11.3 Å². The van der Waals surface area contributed by atoms with Crippen molar-refractivity contribution >= 4 is 28.6 Å². The molecule has 0 amide bonds. The first-order valence-electron chi connectivity index (χ1n) is 6.16. The van der Waals surface area contributed by atoms with Crippen molar-refractivity contribution in [1.82, 2.24) is 0 Å². The summed E-state index contributed by atoms with van der Waals surface area (Å²) < 4.78 is 4.92. The van der Waals surface area contributed by atoms with Crippen LogP contribution in [0.4, 0.5) is 0 Å². The fraction of sp³-hybridized carbons (Fsp3) is 0.357. The molecule has 0 aromatic carbocycles. The van der Waals surface area contributed by atoms with Gasteiger partial charge < -0.3 is 10.5 Å². The Hall–Kier alpha value is -1.17. The third-order valence-electron chi connectivity index (χ3n) is 2.81. The molecule has 2 N–H and O–H groups in total. The van der Waals surface area contributed by atoms with Crippen molar-refractivity contribution < 1.29 is 9.53 Å². The Morgan fingerprint density at radius 2 is 2.21 bits per heavy atom. The molecule has 0 aliphatic rings. The van der Waals surface area contributed by atoms with E-state index in [1.165, 1.54) is 16.0 Å². The maximum Gasteiger partial charge on any atom is 0.307 e. The molecule has 19 heavy (non-hydrogen) atoms. The van der Waals surface area contributed by atoms with E-state index in [1.54, 1.807) is 29.6 Å². The number of esters is 1. The number of rotatable bonds is 5. The molecular weight excluding hydrogens is 278 g/mol. The van der Waals surface area contributed by atoms with Crippen molar-refractivity contribution in [2.24, 2.45) is 5.73 Å². The number of hydrogen-bond acceptors (Lipinski definition) is 5. The Balaban J connectivity index is 2.09. The van der Waals surface area contributed by atoms with E-state index < -0.39 is 0 Å². The standard InChI is InChI=1S/C14H17NO2S2/c1-3-17-14(16)6-11(15)13-5-4-12(19-13)10-8-18-7-9(10)2/h4-5,7-8,11H,3,6,15H2,1-2H3/t11-/m0/s1. The van der Waals surface area contributed by atoms with Crippen molar-refractivity contribution in [2.45, 2.75) is 26.3 Å². The molecule has 2 aromatic heterocycles. The van der Waals surface area contributed by atoms with E-state index >= 15 is 0 Å². The lowest BCUT2D eigenvalue weighted by atomic mass is 10.1. The van der Waals surface area contributed by atoms with Crippen LogP contribution < -0.4 is 5.73 Å². The fourth-order valence-electron chi connectivity index (χ4n) is 1.81. The Labute approximate surface area is 121 Å². The smallest absolute Gasteiger partial charge is 0.307 e. The topological polar surface area (TPSA) is 52.3 Å². The van der Waals surface area contributed by atoms with Crippen LogP contribution >= 0.6 is 22.7 Å². The molecule has 0 aliphatic heterocycles. The average molecular weight is 295 g/mol. The van der Waals surface area contributed by atoms with Gasteiger partial charge in [-0.3, -0.25) is 4.79 Å². The molecule has 0 aliphatic carbocycles. The highest BCUT2D eigenvalue weighted by molar-refractivity contribution is 7.16. The zero-order chi connectivity index (χ0) is 13.8. The molecule has 2 aromatic rings. The van der Waals surface area contributed by atoms with Gasteiger partial charge in [0.15, 0.2) is 0 Å². The van der Waals surface area contributed by atoms with Gasteiger partial charge in [0, 0.05) is 21.4 Å². The maximum atomic E-state index is 11.4. The highest BCUT2D eigenvalue weighted by atomic mass is 32.1. The van der Waals surface area contributed by atoms with Crippen molar-refractivity contribution in [2.75, 3.05) is 6.61 Å². The third kappa shape index (κ3) is 3.43. The van der Waals surface area contributed by atoms with Crippen molar-refractivity contribution in [1.29, 1.82) is 0 Å². The molecule has 0 fully saturated rings. The lowest BCUT2D eigenvalue weighted by molar-refractivity contribution is -0.143. The molecular formula is C14H17NO2S2. The SMILES string of the molecule is CCOC(=O)C[C@H](N)c1ccc(-c2cscc2C)s1. The van der Waals surface area contributed by atoms with Crippen LogP contribution in [0, 0.1) is 6.92 Å². The van der Waals surface area contributed by atoms with Gasteiger partial charge in [-0.1, -0.05) is 0 Å². The van der Waals surface area contributed by atoms with Gasteiger partial charge in [-0.25, -0.2) is 0 Å². The van der Waals surface area contributed by atoms with Crippen LogP contribution in [0.5, 0.6) is 0 Å². The van der Waals surface area contributed by atoms with E-state index in [4.69, 9.17) is 10.5 Å². The first kappa shape index (κ1) is 14.2. The van der Waals surface area contributed by atoms with Crippen LogP contribution in [0.1, 0.15) is 29.8 Å². The van der Waals surface area contributed by atoms with Gasteiger partial charge in [0.25, 0.3) is 0 Å². The third-order valence-corrected chi connectivity index (χ3v) is 4.92. The molecule has 1 atom stereocenters. The number of aryl methyl sites for hydroxylation is 1. The molecule has 0 saturated carbocycles. The van der Waals surface area contributed by atoms with Crippen molar-refractivity contribution in [3.05, 3.63) is 33.3 Å². The van der Waals surface area contributed by atoms with Gasteiger partial charge in [-0.2, -0.15) is 11.3 Å². The predicted molar refractivity (Wildman–Crippen MR) is 80.5 cm³/mol. The Kier molecular flexibility index (Phi) is 4.74. The summed E-state index contributed by atoms with van der Waals surface area (Å²) in [5.41, 5.74) is 8.57. The molecule has 2 heterocycles. The van der Waals surface area contributed by atoms with Crippen LogP contribution in [0.25, 0.3) is 10.4 Å². The summed E-state index contributed by atoms with van der Waals surface area (Å²) in [5.74, 6) is -0.239. The number of nitrogens with two attached hydrogens (primary N) is 1. The van der Waals surface area contributed by atoms with Gasteiger partial charge in [0.1, 0.15) is 0 Å². The summed E-state index contributed by atoms with van der Waals surface area (Å²) in [6.07, 6.45) is 0.233. The zero-order valence-corrected chi connectivity index (χ0v) is 12.6. The summed E-state index contributed by atoms with van der Waals surface area (Å²) in [4.78, 5) is 13.6. The van der Waals surface area contributed by atoms with E-state index in [9.17, 15) is 4.79 Å². The Morgan fingerprint density at radius 3 is 2.84 bits per heavy atom. The molecule has 5 heteroatoms. The molecule has 0 radical (unpaired) electrons. The number of ether oxygens (including phenoxy) is 1. The quantitative estimate of drug-likeness (QED) is 0.855. The second-order valence-electron chi connectivity index (χ2n) is 4.29. The highest BCUT2D eigenvalue weighted by Gasteiger charge is 2.15. The fourth-order valence-corrected chi connectivity index (χ4v) is 3.82. The van der Waals surface area contributed by atoms with Crippen LogP contribution in [-0.4, -0.2) is 12.6 Å². The summed E-state index contributed by atoms with van der Waals surface area (Å²) >= 11 is 3.34. The molecule has 0 bridgehead atoms. The maximum absolute atomic E-state index is 11.4. The second kappa shape index (κ2) is 6.32. The van der Waals surface area contributed by atoms with Gasteiger partial charge >= 0.3 is 5.97 Å². The van der Waals surface area contributed by atoms with Crippen LogP contribution in [0.3, 0.4) is 0 Å². The summed E-state index contributed by atoms with van der Waals surface area (Å²) in [7, 11) is 0. The first-order chi connectivity index (χ1) is 9.11. The predicted octanol–water partition coefficient (Wildman–Crippen LogP) is 3.74. The Bertz CT molecular complexity index is 559. The van der Waals surface area contributed by atoms with Crippen LogP contribution in [0.15, 0.2) is 22.9 Å². The second-order valence-corrected chi connectivity index (χ2v) is 6.15. The summed E-state index contributed by atoms with van der Waals surface area (Å²) in [6, 6.07) is 3.79.